The van der Waals surface area contributed by atoms with E-state index in [9.17, 15) is 19.5 Å². The van der Waals surface area contributed by atoms with E-state index in [1.54, 1.807) is 0 Å². The molecule has 0 aliphatic rings. The van der Waals surface area contributed by atoms with Crippen molar-refractivity contribution in [2.24, 2.45) is 11.5 Å². The van der Waals surface area contributed by atoms with Crippen LogP contribution in [0.15, 0.2) is 30.3 Å². The lowest BCUT2D eigenvalue weighted by Gasteiger charge is -2.23. The van der Waals surface area contributed by atoms with Gasteiger partial charge in [-0.1, -0.05) is 50.1 Å². The van der Waals surface area contributed by atoms with Gasteiger partial charge in [-0.25, -0.2) is 4.79 Å². The quantitative estimate of drug-likeness (QED) is 0.290. The average Bonchev–Trinajstić information content (AvgIpc) is 2.70. The number of nitrogens with two attached hydrogens (primary N) is 2. The van der Waals surface area contributed by atoms with Crippen LogP contribution in [0.5, 0.6) is 0 Å². The zero-order valence-corrected chi connectivity index (χ0v) is 17.1. The number of carboxylic acids is 1. The number of rotatable bonds is 14. The first-order chi connectivity index (χ1) is 13.9. The van der Waals surface area contributed by atoms with Crippen molar-refractivity contribution in [3.63, 3.8) is 0 Å². The van der Waals surface area contributed by atoms with E-state index in [1.807, 2.05) is 37.3 Å². The summed E-state index contributed by atoms with van der Waals surface area (Å²) >= 11 is 0. The molecule has 1 aromatic rings. The Kier molecular flexibility index (Phi) is 11.6. The first-order valence-corrected chi connectivity index (χ1v) is 10.2. The van der Waals surface area contributed by atoms with Gasteiger partial charge in [0.15, 0.2) is 0 Å². The maximum Gasteiger partial charge on any atom is 0.326 e. The normalized spacial score (nSPS) is 13.9. The summed E-state index contributed by atoms with van der Waals surface area (Å²) in [4.78, 5) is 36.6. The van der Waals surface area contributed by atoms with Gasteiger partial charge in [-0.2, -0.15) is 0 Å². The van der Waals surface area contributed by atoms with Crippen LogP contribution in [0.4, 0.5) is 0 Å². The first kappa shape index (κ1) is 24.6. The van der Waals surface area contributed by atoms with Crippen LogP contribution in [0.3, 0.4) is 0 Å². The Bertz CT molecular complexity index is 639. The number of hydrogen-bond acceptors (Lipinski definition) is 5. The number of aliphatic carboxylic acids is 1. The maximum absolute atomic E-state index is 12.7. The van der Waals surface area contributed by atoms with Crippen molar-refractivity contribution in [2.75, 3.05) is 6.54 Å². The van der Waals surface area contributed by atoms with E-state index < -0.39 is 35.9 Å². The number of unbranched alkanes of at least 4 members (excludes halogenated alkanes) is 2. The largest absolute Gasteiger partial charge is 0.480 e. The molecule has 0 bridgehead atoms. The Morgan fingerprint density at radius 1 is 0.966 bits per heavy atom. The molecule has 2 amide bonds. The Hall–Kier alpha value is -2.45. The van der Waals surface area contributed by atoms with E-state index >= 15 is 0 Å². The summed E-state index contributed by atoms with van der Waals surface area (Å²) in [7, 11) is 0. The van der Waals surface area contributed by atoms with E-state index in [-0.39, 0.29) is 0 Å². The SMILES string of the molecule is CCCC[C@H](NC(=O)[C@@H](N)Cc1ccccc1)C(=O)N[C@H](CCCCN)C(=O)O. The van der Waals surface area contributed by atoms with Gasteiger partial charge in [-0.15, -0.1) is 0 Å². The minimum absolute atomic E-state index is 0.292. The van der Waals surface area contributed by atoms with Crippen molar-refractivity contribution in [3.05, 3.63) is 35.9 Å². The van der Waals surface area contributed by atoms with Crippen molar-refractivity contribution in [1.82, 2.24) is 10.6 Å². The van der Waals surface area contributed by atoms with Gasteiger partial charge in [0, 0.05) is 0 Å². The summed E-state index contributed by atoms with van der Waals surface area (Å²) in [6.07, 6.45) is 3.91. The lowest BCUT2D eigenvalue weighted by Crippen LogP contribution is -2.54. The standard InChI is InChI=1S/C21H34N4O4/c1-2-3-11-17(20(27)25-18(21(28)29)12-7-8-13-22)24-19(26)16(23)14-15-9-5-4-6-10-15/h4-6,9-10,16-18H,2-3,7-8,11-14,22-23H2,1H3,(H,24,26)(H,25,27)(H,28,29)/t16-,17-,18+/m0/s1. The number of carbonyl (C=O) groups is 3. The van der Waals surface area contributed by atoms with Gasteiger partial charge in [0.05, 0.1) is 6.04 Å². The molecule has 0 saturated heterocycles. The molecule has 29 heavy (non-hydrogen) atoms. The van der Waals surface area contributed by atoms with E-state index in [1.165, 1.54) is 0 Å². The number of carboxylic acid groups (broad SMARTS) is 1. The second-order valence-corrected chi connectivity index (χ2v) is 7.18. The third kappa shape index (κ3) is 9.54. The molecule has 0 aromatic heterocycles. The summed E-state index contributed by atoms with van der Waals surface area (Å²) in [6, 6.07) is 6.76. The fraction of sp³-hybridized carbons (Fsp3) is 0.571. The minimum Gasteiger partial charge on any atom is -0.480 e. The van der Waals surface area contributed by atoms with Crippen LogP contribution in [0.25, 0.3) is 0 Å². The molecular weight excluding hydrogens is 372 g/mol. The lowest BCUT2D eigenvalue weighted by molar-refractivity contribution is -0.142. The molecule has 0 unspecified atom stereocenters. The highest BCUT2D eigenvalue weighted by Crippen LogP contribution is 2.07. The third-order valence-corrected chi connectivity index (χ3v) is 4.68. The predicted molar refractivity (Wildman–Crippen MR) is 112 cm³/mol. The van der Waals surface area contributed by atoms with E-state index in [4.69, 9.17) is 11.5 Å². The van der Waals surface area contributed by atoms with Crippen molar-refractivity contribution in [2.45, 2.75) is 70.0 Å². The molecule has 0 spiro atoms. The molecule has 0 aliphatic heterocycles. The highest BCUT2D eigenvalue weighted by atomic mass is 16.4. The summed E-state index contributed by atoms with van der Waals surface area (Å²) < 4.78 is 0. The lowest BCUT2D eigenvalue weighted by atomic mass is 10.0. The van der Waals surface area contributed by atoms with Crippen LogP contribution in [-0.4, -0.2) is 47.6 Å². The smallest absolute Gasteiger partial charge is 0.326 e. The first-order valence-electron chi connectivity index (χ1n) is 10.2. The van der Waals surface area contributed by atoms with Gasteiger partial charge in [-0.3, -0.25) is 9.59 Å². The van der Waals surface area contributed by atoms with Gasteiger partial charge in [0.2, 0.25) is 11.8 Å². The van der Waals surface area contributed by atoms with E-state index in [0.29, 0.717) is 38.6 Å². The third-order valence-electron chi connectivity index (χ3n) is 4.68. The van der Waals surface area contributed by atoms with Gasteiger partial charge in [0.25, 0.3) is 0 Å². The fourth-order valence-corrected chi connectivity index (χ4v) is 2.94. The van der Waals surface area contributed by atoms with Crippen LogP contribution in [0.1, 0.15) is 51.0 Å². The second kappa shape index (κ2) is 13.7. The molecule has 8 nitrogen and oxygen atoms in total. The van der Waals surface area contributed by atoms with Crippen LogP contribution >= 0.6 is 0 Å². The van der Waals surface area contributed by atoms with Crippen molar-refractivity contribution in [3.8, 4) is 0 Å². The van der Waals surface area contributed by atoms with E-state index in [0.717, 1.165) is 18.4 Å². The van der Waals surface area contributed by atoms with Gasteiger partial charge >= 0.3 is 5.97 Å². The number of hydrogen-bond donors (Lipinski definition) is 5. The number of nitrogens with one attached hydrogen (secondary N) is 2. The molecule has 1 rings (SSSR count). The number of carbonyl (C=O) groups excluding carboxylic acids is 2. The number of amides is 2. The minimum atomic E-state index is -1.10. The molecule has 8 heteroatoms. The van der Waals surface area contributed by atoms with Crippen molar-refractivity contribution < 1.29 is 19.5 Å². The Balaban J connectivity index is 2.71. The summed E-state index contributed by atoms with van der Waals surface area (Å²) in [6.45, 7) is 2.44. The molecule has 0 aliphatic carbocycles. The summed E-state index contributed by atoms with van der Waals surface area (Å²) in [5.74, 6) is -2.03. The van der Waals surface area contributed by atoms with Crippen LogP contribution in [-0.2, 0) is 20.8 Å². The topological polar surface area (TPSA) is 148 Å². The molecular formula is C21H34N4O4. The zero-order valence-electron chi connectivity index (χ0n) is 17.1. The van der Waals surface area contributed by atoms with E-state index in [2.05, 4.69) is 10.6 Å². The summed E-state index contributed by atoms with van der Waals surface area (Å²) in [5.41, 5.74) is 12.4. The average molecular weight is 407 g/mol. The molecule has 3 atom stereocenters. The van der Waals surface area contributed by atoms with Crippen LogP contribution in [0, 0.1) is 0 Å². The van der Waals surface area contributed by atoms with Crippen LogP contribution in [0.2, 0.25) is 0 Å². The molecule has 0 heterocycles. The molecule has 0 fully saturated rings. The van der Waals surface area contributed by atoms with Gasteiger partial charge in [-0.05, 0) is 44.2 Å². The highest BCUT2D eigenvalue weighted by molar-refractivity contribution is 5.91. The van der Waals surface area contributed by atoms with Crippen molar-refractivity contribution >= 4 is 17.8 Å². The number of benzene rings is 1. The van der Waals surface area contributed by atoms with Gasteiger partial charge < -0.3 is 27.2 Å². The highest BCUT2D eigenvalue weighted by Gasteiger charge is 2.27. The molecule has 0 radical (unpaired) electrons. The molecule has 162 valence electrons. The molecule has 7 N–H and O–H groups in total. The Morgan fingerprint density at radius 2 is 1.59 bits per heavy atom. The Labute approximate surface area is 172 Å². The molecule has 0 saturated carbocycles. The molecule has 1 aromatic carbocycles. The predicted octanol–water partition coefficient (Wildman–Crippen LogP) is 0.930. The Morgan fingerprint density at radius 3 is 2.17 bits per heavy atom. The monoisotopic (exact) mass is 406 g/mol. The maximum atomic E-state index is 12.7. The van der Waals surface area contributed by atoms with Crippen LogP contribution < -0.4 is 22.1 Å². The summed E-state index contributed by atoms with van der Waals surface area (Å²) in [5, 5.41) is 14.6. The van der Waals surface area contributed by atoms with Crippen molar-refractivity contribution in [1.29, 1.82) is 0 Å². The zero-order chi connectivity index (χ0) is 21.6. The fourth-order valence-electron chi connectivity index (χ4n) is 2.94. The van der Waals surface area contributed by atoms with Gasteiger partial charge in [0.1, 0.15) is 12.1 Å². The second-order valence-electron chi connectivity index (χ2n) is 7.18.